The van der Waals surface area contributed by atoms with Gasteiger partial charge in [0.25, 0.3) is 0 Å². The lowest BCUT2D eigenvalue weighted by molar-refractivity contribution is -0.117. The second-order valence-corrected chi connectivity index (χ2v) is 7.36. The molecule has 2 heterocycles. The quantitative estimate of drug-likeness (QED) is 0.508. The SMILES string of the molecule is CCOc1cc(C2CC(=O)Nc3ncnn32)ccc1OCc1cccc2ccccc12. The molecule has 0 bridgehead atoms. The number of benzene rings is 3. The number of nitrogens with one attached hydrogen (secondary N) is 1. The van der Waals surface area contributed by atoms with Gasteiger partial charge in [-0.3, -0.25) is 10.1 Å². The average Bonchev–Trinajstić information content (AvgIpc) is 3.26. The zero-order chi connectivity index (χ0) is 21.2. The highest BCUT2D eigenvalue weighted by Gasteiger charge is 2.28. The van der Waals surface area contributed by atoms with Crippen LogP contribution in [-0.4, -0.2) is 27.3 Å². The number of carbonyl (C=O) groups is 1. The van der Waals surface area contributed by atoms with Crippen LogP contribution >= 0.6 is 0 Å². The standard InChI is InChI=1S/C24H22N4O3/c1-2-30-22-12-17(20-13-23(29)27-24-25-15-26-28(20)24)10-11-21(22)31-14-18-8-5-7-16-6-3-4-9-19(16)18/h3-12,15,20H,2,13-14H2,1H3,(H,25,26,27,29). The first-order valence-corrected chi connectivity index (χ1v) is 10.3. The summed E-state index contributed by atoms with van der Waals surface area (Å²) in [6.07, 6.45) is 1.73. The van der Waals surface area contributed by atoms with Gasteiger partial charge < -0.3 is 9.47 Å². The number of rotatable bonds is 6. The lowest BCUT2D eigenvalue weighted by Gasteiger charge is -2.24. The second kappa shape index (κ2) is 8.10. The summed E-state index contributed by atoms with van der Waals surface area (Å²) in [6.45, 7) is 2.87. The monoisotopic (exact) mass is 414 g/mol. The van der Waals surface area contributed by atoms with E-state index >= 15 is 0 Å². The van der Waals surface area contributed by atoms with Crippen LogP contribution < -0.4 is 14.8 Å². The van der Waals surface area contributed by atoms with Gasteiger partial charge in [0.15, 0.2) is 11.5 Å². The Morgan fingerprint density at radius 1 is 1.06 bits per heavy atom. The van der Waals surface area contributed by atoms with E-state index in [9.17, 15) is 4.79 Å². The van der Waals surface area contributed by atoms with Gasteiger partial charge in [0.2, 0.25) is 11.9 Å². The zero-order valence-electron chi connectivity index (χ0n) is 17.1. The van der Waals surface area contributed by atoms with Gasteiger partial charge in [-0.25, -0.2) is 4.68 Å². The van der Waals surface area contributed by atoms with Crippen molar-refractivity contribution in [1.29, 1.82) is 0 Å². The van der Waals surface area contributed by atoms with Gasteiger partial charge in [0, 0.05) is 0 Å². The number of carbonyl (C=O) groups excluding carboxylic acids is 1. The van der Waals surface area contributed by atoms with Crippen molar-refractivity contribution in [3.63, 3.8) is 0 Å². The van der Waals surface area contributed by atoms with Crippen LogP contribution in [0.4, 0.5) is 5.95 Å². The molecule has 0 fully saturated rings. The van der Waals surface area contributed by atoms with Crippen molar-refractivity contribution in [3.05, 3.63) is 78.1 Å². The minimum atomic E-state index is -0.238. The summed E-state index contributed by atoms with van der Waals surface area (Å²) in [5, 5.41) is 9.37. The number of nitrogens with zero attached hydrogens (tertiary/aromatic N) is 3. The molecule has 3 aromatic carbocycles. The molecule has 156 valence electrons. The fraction of sp³-hybridized carbons (Fsp3) is 0.208. The van der Waals surface area contributed by atoms with E-state index < -0.39 is 0 Å². The van der Waals surface area contributed by atoms with Crippen LogP contribution in [0, 0.1) is 0 Å². The predicted octanol–water partition coefficient (Wildman–Crippen LogP) is 4.34. The minimum absolute atomic E-state index is 0.0836. The number of ether oxygens (including phenoxy) is 2. The molecule has 0 aliphatic carbocycles. The van der Waals surface area contributed by atoms with Crippen LogP contribution in [0.25, 0.3) is 10.8 Å². The first-order chi connectivity index (χ1) is 15.2. The molecule has 5 rings (SSSR count). The van der Waals surface area contributed by atoms with E-state index in [1.165, 1.54) is 17.1 Å². The molecule has 7 nitrogen and oxygen atoms in total. The highest BCUT2D eigenvalue weighted by atomic mass is 16.5. The maximum Gasteiger partial charge on any atom is 0.229 e. The van der Waals surface area contributed by atoms with Crippen molar-refractivity contribution in [1.82, 2.24) is 14.8 Å². The van der Waals surface area contributed by atoms with Crippen LogP contribution in [0.5, 0.6) is 11.5 Å². The molecule has 1 atom stereocenters. The molecule has 31 heavy (non-hydrogen) atoms. The third-order valence-corrected chi connectivity index (χ3v) is 5.41. The van der Waals surface area contributed by atoms with E-state index in [4.69, 9.17) is 9.47 Å². The number of hydrogen-bond donors (Lipinski definition) is 1. The van der Waals surface area contributed by atoms with Crippen LogP contribution in [0.2, 0.25) is 0 Å². The fourth-order valence-corrected chi connectivity index (χ4v) is 3.96. The topological polar surface area (TPSA) is 78.3 Å². The lowest BCUT2D eigenvalue weighted by atomic mass is 10.0. The number of aromatic nitrogens is 3. The number of amides is 1. The van der Waals surface area contributed by atoms with Crippen molar-refractivity contribution in [3.8, 4) is 11.5 Å². The van der Waals surface area contributed by atoms with Crippen molar-refractivity contribution < 1.29 is 14.3 Å². The molecule has 0 saturated carbocycles. The van der Waals surface area contributed by atoms with E-state index in [0.717, 1.165) is 11.1 Å². The normalized spacial score (nSPS) is 15.4. The smallest absolute Gasteiger partial charge is 0.229 e. The summed E-state index contributed by atoms with van der Waals surface area (Å²) in [6, 6.07) is 20.0. The molecular weight excluding hydrogens is 392 g/mol. The van der Waals surface area contributed by atoms with Gasteiger partial charge >= 0.3 is 0 Å². The van der Waals surface area contributed by atoms with Gasteiger partial charge in [-0.1, -0.05) is 48.5 Å². The maximum atomic E-state index is 12.1. The molecule has 7 heteroatoms. The van der Waals surface area contributed by atoms with Crippen LogP contribution in [0.1, 0.15) is 30.5 Å². The first kappa shape index (κ1) is 19.1. The highest BCUT2D eigenvalue weighted by Crippen LogP contribution is 2.35. The van der Waals surface area contributed by atoms with Crippen LogP contribution in [-0.2, 0) is 11.4 Å². The van der Waals surface area contributed by atoms with E-state index in [1.54, 1.807) is 4.68 Å². The second-order valence-electron chi connectivity index (χ2n) is 7.36. The largest absolute Gasteiger partial charge is 0.490 e. The summed E-state index contributed by atoms with van der Waals surface area (Å²) in [5.41, 5.74) is 2.03. The van der Waals surface area contributed by atoms with Crippen LogP contribution in [0.15, 0.2) is 67.0 Å². The lowest BCUT2D eigenvalue weighted by Crippen LogP contribution is -2.29. The van der Waals surface area contributed by atoms with Gasteiger partial charge in [0.1, 0.15) is 12.9 Å². The van der Waals surface area contributed by atoms with Crippen molar-refractivity contribution in [2.24, 2.45) is 0 Å². The first-order valence-electron chi connectivity index (χ1n) is 10.3. The van der Waals surface area contributed by atoms with Gasteiger partial charge in [-0.15, -0.1) is 0 Å². The van der Waals surface area contributed by atoms with E-state index in [2.05, 4.69) is 39.7 Å². The van der Waals surface area contributed by atoms with Gasteiger partial charge in [-0.05, 0) is 41.0 Å². The van der Waals surface area contributed by atoms with E-state index in [1.807, 2.05) is 43.3 Å². The molecule has 0 saturated heterocycles. The zero-order valence-corrected chi connectivity index (χ0v) is 17.1. The Hall–Kier alpha value is -3.87. The van der Waals surface area contributed by atoms with Crippen molar-refractivity contribution in [2.45, 2.75) is 26.0 Å². The number of fused-ring (bicyclic) bond motifs is 2. The van der Waals surface area contributed by atoms with Crippen molar-refractivity contribution in [2.75, 3.05) is 11.9 Å². The third kappa shape index (κ3) is 3.70. The summed E-state index contributed by atoms with van der Waals surface area (Å²) in [4.78, 5) is 16.2. The molecule has 1 aliphatic heterocycles. The number of anilines is 1. The Bertz CT molecular complexity index is 1250. The Morgan fingerprint density at radius 2 is 1.94 bits per heavy atom. The van der Waals surface area contributed by atoms with E-state index in [-0.39, 0.29) is 18.4 Å². The Morgan fingerprint density at radius 3 is 2.84 bits per heavy atom. The molecular formula is C24H22N4O3. The molecule has 1 unspecified atom stereocenters. The van der Waals surface area contributed by atoms with Gasteiger partial charge in [-0.2, -0.15) is 10.1 Å². The summed E-state index contributed by atoms with van der Waals surface area (Å²) in [7, 11) is 0. The third-order valence-electron chi connectivity index (χ3n) is 5.41. The molecule has 1 aromatic heterocycles. The minimum Gasteiger partial charge on any atom is -0.490 e. The maximum absolute atomic E-state index is 12.1. The van der Waals surface area contributed by atoms with Gasteiger partial charge in [0.05, 0.1) is 19.1 Å². The number of hydrogen-bond acceptors (Lipinski definition) is 5. The Labute approximate surface area is 179 Å². The Kier molecular flexibility index (Phi) is 5.00. The summed E-state index contributed by atoms with van der Waals surface area (Å²) < 4.78 is 13.8. The summed E-state index contributed by atoms with van der Waals surface area (Å²) in [5.74, 6) is 1.68. The Balaban J connectivity index is 1.43. The molecule has 0 spiro atoms. The van der Waals surface area contributed by atoms with Crippen LogP contribution in [0.3, 0.4) is 0 Å². The molecule has 1 N–H and O–H groups in total. The predicted molar refractivity (Wildman–Crippen MR) is 117 cm³/mol. The average molecular weight is 414 g/mol. The summed E-state index contributed by atoms with van der Waals surface area (Å²) >= 11 is 0. The van der Waals surface area contributed by atoms with E-state index in [0.29, 0.717) is 30.7 Å². The molecule has 1 amide bonds. The molecule has 4 aromatic rings. The van der Waals surface area contributed by atoms with Crippen molar-refractivity contribution >= 4 is 22.6 Å². The fourth-order valence-electron chi connectivity index (χ4n) is 3.96. The molecule has 0 radical (unpaired) electrons. The highest BCUT2D eigenvalue weighted by molar-refractivity contribution is 5.91. The molecule has 1 aliphatic rings.